The van der Waals surface area contributed by atoms with Gasteiger partial charge in [-0.1, -0.05) is 32.4 Å². The molecule has 0 spiro atoms. The summed E-state index contributed by atoms with van der Waals surface area (Å²) in [7, 11) is 0. The van der Waals surface area contributed by atoms with Crippen LogP contribution in [0, 0.1) is 11.3 Å². The molecule has 1 aliphatic rings. The number of hydrogen-bond acceptors (Lipinski definition) is 1. The number of hydrogen-bond donors (Lipinski definition) is 1. The van der Waals surface area contributed by atoms with Crippen LogP contribution in [0.25, 0.3) is 0 Å². The van der Waals surface area contributed by atoms with Crippen molar-refractivity contribution in [2.75, 3.05) is 0 Å². The van der Waals surface area contributed by atoms with Crippen LogP contribution >= 0.6 is 0 Å². The van der Waals surface area contributed by atoms with E-state index in [0.29, 0.717) is 11.3 Å². The van der Waals surface area contributed by atoms with Gasteiger partial charge < -0.3 is 5.11 Å². The smallest absolute Gasteiger partial charge is 0.0566 e. The summed E-state index contributed by atoms with van der Waals surface area (Å²) in [6.07, 6.45) is 9.13. The van der Waals surface area contributed by atoms with Crippen LogP contribution in [-0.2, 0) is 0 Å². The van der Waals surface area contributed by atoms with Gasteiger partial charge in [0.15, 0.2) is 0 Å². The molecule has 0 fully saturated rings. The molecule has 0 saturated heterocycles. The zero-order valence-electron chi connectivity index (χ0n) is 11.4. The van der Waals surface area contributed by atoms with E-state index in [0.717, 1.165) is 25.7 Å². The predicted molar refractivity (Wildman–Crippen MR) is 70.4 cm³/mol. The molecule has 0 bridgehead atoms. The second-order valence-electron chi connectivity index (χ2n) is 6.39. The molecule has 2 atom stereocenters. The highest BCUT2D eigenvalue weighted by Gasteiger charge is 2.21. The van der Waals surface area contributed by atoms with E-state index in [4.69, 9.17) is 0 Å². The SMILES string of the molecule is C/C1=C\CC(C)(C)CC[C@@H](O)[C@H](C)CCC1. The van der Waals surface area contributed by atoms with Gasteiger partial charge in [-0.2, -0.15) is 0 Å². The third kappa shape index (κ3) is 4.69. The summed E-state index contributed by atoms with van der Waals surface area (Å²) in [5, 5.41) is 10.1. The minimum absolute atomic E-state index is 0.0994. The summed E-state index contributed by atoms with van der Waals surface area (Å²) in [6, 6.07) is 0. The molecule has 16 heavy (non-hydrogen) atoms. The zero-order valence-corrected chi connectivity index (χ0v) is 11.4. The van der Waals surface area contributed by atoms with E-state index in [9.17, 15) is 5.11 Å². The van der Waals surface area contributed by atoms with Gasteiger partial charge in [-0.3, -0.25) is 0 Å². The van der Waals surface area contributed by atoms with Gasteiger partial charge in [0, 0.05) is 0 Å². The fraction of sp³-hybridized carbons (Fsp3) is 0.867. The van der Waals surface area contributed by atoms with E-state index in [2.05, 4.69) is 33.8 Å². The Morgan fingerprint density at radius 2 is 2.00 bits per heavy atom. The van der Waals surface area contributed by atoms with E-state index < -0.39 is 0 Å². The lowest BCUT2D eigenvalue weighted by Crippen LogP contribution is -2.21. The molecule has 1 aliphatic carbocycles. The molecule has 0 aliphatic heterocycles. The minimum atomic E-state index is -0.0994. The summed E-state index contributed by atoms with van der Waals surface area (Å²) in [5.74, 6) is 0.460. The van der Waals surface area contributed by atoms with Gasteiger partial charge in [-0.25, -0.2) is 0 Å². The predicted octanol–water partition coefficient (Wildman–Crippen LogP) is 4.31. The summed E-state index contributed by atoms with van der Waals surface area (Å²) in [5.41, 5.74) is 1.86. The monoisotopic (exact) mass is 224 g/mol. The molecule has 0 unspecified atom stereocenters. The highest BCUT2D eigenvalue weighted by Crippen LogP contribution is 2.31. The van der Waals surface area contributed by atoms with Gasteiger partial charge in [0.05, 0.1) is 6.10 Å². The van der Waals surface area contributed by atoms with Crippen molar-refractivity contribution in [3.63, 3.8) is 0 Å². The van der Waals surface area contributed by atoms with E-state index in [1.54, 1.807) is 0 Å². The Hall–Kier alpha value is -0.300. The standard InChI is InChI=1S/C15H28O/c1-12-6-5-7-13(2)14(16)9-11-15(3,4)10-8-12/h8,13-14,16H,5-7,9-11H2,1-4H3/b12-8+/t13-,14-/m1/s1. The van der Waals surface area contributed by atoms with Crippen LogP contribution in [0.5, 0.6) is 0 Å². The molecule has 0 heterocycles. The van der Waals surface area contributed by atoms with Gasteiger partial charge >= 0.3 is 0 Å². The van der Waals surface area contributed by atoms with Crippen molar-refractivity contribution >= 4 is 0 Å². The maximum Gasteiger partial charge on any atom is 0.0566 e. The van der Waals surface area contributed by atoms with Crippen molar-refractivity contribution in [3.8, 4) is 0 Å². The summed E-state index contributed by atoms with van der Waals surface area (Å²) < 4.78 is 0. The molecule has 0 amide bonds. The fourth-order valence-corrected chi connectivity index (χ4v) is 2.37. The maximum absolute atomic E-state index is 10.1. The second kappa shape index (κ2) is 5.86. The zero-order chi connectivity index (χ0) is 12.2. The van der Waals surface area contributed by atoms with Gasteiger partial charge in [0.25, 0.3) is 0 Å². The first-order valence-electron chi connectivity index (χ1n) is 6.74. The largest absolute Gasteiger partial charge is 0.393 e. The molecule has 0 aromatic heterocycles. The van der Waals surface area contributed by atoms with E-state index in [1.165, 1.54) is 18.4 Å². The Kier molecular flexibility index (Phi) is 5.04. The molecule has 0 saturated carbocycles. The first-order valence-corrected chi connectivity index (χ1v) is 6.74. The third-order valence-electron chi connectivity index (χ3n) is 4.01. The average molecular weight is 224 g/mol. The Bertz CT molecular complexity index is 240. The average Bonchev–Trinajstić information content (AvgIpc) is 2.23. The molecule has 94 valence electrons. The van der Waals surface area contributed by atoms with E-state index in [-0.39, 0.29) is 6.10 Å². The van der Waals surface area contributed by atoms with Gasteiger partial charge in [0.1, 0.15) is 0 Å². The maximum atomic E-state index is 10.1. The lowest BCUT2D eigenvalue weighted by molar-refractivity contribution is 0.0877. The van der Waals surface area contributed by atoms with Crippen molar-refractivity contribution in [1.29, 1.82) is 0 Å². The lowest BCUT2D eigenvalue weighted by Gasteiger charge is -2.26. The van der Waals surface area contributed by atoms with Crippen molar-refractivity contribution in [1.82, 2.24) is 0 Å². The normalized spacial score (nSPS) is 35.9. The van der Waals surface area contributed by atoms with Gasteiger partial charge in [-0.15, -0.1) is 0 Å². The molecule has 1 N–H and O–H groups in total. The van der Waals surface area contributed by atoms with Crippen molar-refractivity contribution < 1.29 is 5.11 Å². The summed E-state index contributed by atoms with van der Waals surface area (Å²) in [6.45, 7) is 9.06. The molecule has 1 rings (SSSR count). The topological polar surface area (TPSA) is 20.2 Å². The van der Waals surface area contributed by atoms with Crippen LogP contribution in [0.1, 0.15) is 66.2 Å². The first kappa shape index (κ1) is 13.8. The molecule has 0 aromatic rings. The quantitative estimate of drug-likeness (QED) is 0.608. The Morgan fingerprint density at radius 3 is 2.69 bits per heavy atom. The van der Waals surface area contributed by atoms with Gasteiger partial charge in [0.2, 0.25) is 0 Å². The van der Waals surface area contributed by atoms with Crippen LogP contribution in [0.3, 0.4) is 0 Å². The van der Waals surface area contributed by atoms with Crippen molar-refractivity contribution in [2.24, 2.45) is 11.3 Å². The minimum Gasteiger partial charge on any atom is -0.393 e. The highest BCUT2D eigenvalue weighted by molar-refractivity contribution is 5.00. The summed E-state index contributed by atoms with van der Waals surface area (Å²) in [4.78, 5) is 0. The van der Waals surface area contributed by atoms with Crippen LogP contribution in [0.4, 0.5) is 0 Å². The molecule has 1 heteroatoms. The van der Waals surface area contributed by atoms with E-state index in [1.807, 2.05) is 0 Å². The molecule has 0 aromatic carbocycles. The first-order chi connectivity index (χ1) is 7.41. The number of rotatable bonds is 0. The summed E-state index contributed by atoms with van der Waals surface area (Å²) >= 11 is 0. The third-order valence-corrected chi connectivity index (χ3v) is 4.01. The number of aliphatic hydroxyl groups excluding tert-OH is 1. The Labute approximate surface area is 101 Å². The van der Waals surface area contributed by atoms with Crippen LogP contribution in [0.15, 0.2) is 11.6 Å². The molecular weight excluding hydrogens is 196 g/mol. The van der Waals surface area contributed by atoms with Crippen LogP contribution in [-0.4, -0.2) is 11.2 Å². The Balaban J connectivity index is 2.66. The van der Waals surface area contributed by atoms with Gasteiger partial charge in [-0.05, 0) is 56.8 Å². The molecule has 0 radical (unpaired) electrons. The van der Waals surface area contributed by atoms with Crippen LogP contribution in [0.2, 0.25) is 0 Å². The van der Waals surface area contributed by atoms with Crippen molar-refractivity contribution in [2.45, 2.75) is 72.3 Å². The Morgan fingerprint density at radius 1 is 1.31 bits per heavy atom. The lowest BCUT2D eigenvalue weighted by atomic mass is 9.82. The molecule has 1 nitrogen and oxygen atoms in total. The van der Waals surface area contributed by atoms with E-state index >= 15 is 0 Å². The van der Waals surface area contributed by atoms with Crippen molar-refractivity contribution in [3.05, 3.63) is 11.6 Å². The van der Waals surface area contributed by atoms with Crippen LogP contribution < -0.4 is 0 Å². The fourth-order valence-electron chi connectivity index (χ4n) is 2.37. The molecular formula is C15H28O. The highest BCUT2D eigenvalue weighted by atomic mass is 16.3. The number of allylic oxidation sites excluding steroid dienone is 2. The second-order valence-corrected chi connectivity index (χ2v) is 6.39. The number of aliphatic hydroxyl groups is 1.